The van der Waals surface area contributed by atoms with E-state index in [0.717, 1.165) is 0 Å². The van der Waals surface area contributed by atoms with Gasteiger partial charge in [-0.15, -0.1) is 0 Å². The largest absolute Gasteiger partial charge is 0.385 e. The highest BCUT2D eigenvalue weighted by molar-refractivity contribution is 5.39. The lowest BCUT2D eigenvalue weighted by molar-refractivity contribution is 0.290. The lowest BCUT2D eigenvalue weighted by Gasteiger charge is -2.29. The van der Waals surface area contributed by atoms with Gasteiger partial charge in [-0.2, -0.15) is 0 Å². The third-order valence-corrected chi connectivity index (χ3v) is 2.54. The first-order valence-electron chi connectivity index (χ1n) is 4.05. The highest BCUT2D eigenvalue weighted by Crippen LogP contribution is 2.43. The van der Waals surface area contributed by atoms with Gasteiger partial charge in [-0.1, -0.05) is 20.8 Å². The Labute approximate surface area is 62.5 Å². The van der Waals surface area contributed by atoms with Crippen molar-refractivity contribution in [1.82, 2.24) is 5.32 Å². The molecule has 0 saturated carbocycles. The number of piperidine rings is 1. The molecule has 0 aromatic carbocycles. The summed E-state index contributed by atoms with van der Waals surface area (Å²) in [6.07, 6.45) is 2.59. The fourth-order valence-corrected chi connectivity index (χ4v) is 1.55. The molecule has 1 heterocycles. The summed E-state index contributed by atoms with van der Waals surface area (Å²) in [4.78, 5) is 0. The first-order valence-corrected chi connectivity index (χ1v) is 4.05. The van der Waals surface area contributed by atoms with Gasteiger partial charge < -0.3 is 5.32 Å². The SMILES string of the molecule is CC(C)(C)C1CC2=C(C2)N1. The normalized spacial score (nSPS) is 30.1. The molecule has 1 aliphatic carbocycles. The van der Waals surface area contributed by atoms with E-state index in [1.165, 1.54) is 12.8 Å². The van der Waals surface area contributed by atoms with E-state index < -0.39 is 0 Å². The van der Waals surface area contributed by atoms with Crippen molar-refractivity contribution in [3.63, 3.8) is 0 Å². The Morgan fingerprint density at radius 2 is 2.10 bits per heavy atom. The van der Waals surface area contributed by atoms with E-state index in [4.69, 9.17) is 0 Å². The minimum absolute atomic E-state index is 0.438. The van der Waals surface area contributed by atoms with Crippen molar-refractivity contribution >= 4 is 0 Å². The zero-order valence-electron chi connectivity index (χ0n) is 6.99. The minimum atomic E-state index is 0.438. The fourth-order valence-electron chi connectivity index (χ4n) is 1.55. The Hall–Kier alpha value is -0.460. The van der Waals surface area contributed by atoms with Crippen LogP contribution < -0.4 is 5.32 Å². The molecule has 1 heteroatoms. The Bertz CT molecular complexity index is 181. The van der Waals surface area contributed by atoms with Crippen LogP contribution in [0.1, 0.15) is 33.6 Å². The highest BCUT2D eigenvalue weighted by Gasteiger charge is 2.38. The molecular formula is C9H15N. The first kappa shape index (κ1) is 6.26. The number of nitrogens with one attached hydrogen (secondary N) is 1. The van der Waals surface area contributed by atoms with E-state index in [0.29, 0.717) is 11.5 Å². The van der Waals surface area contributed by atoms with Gasteiger partial charge in [0.15, 0.2) is 0 Å². The summed E-state index contributed by atoms with van der Waals surface area (Å²) in [5, 5.41) is 3.55. The highest BCUT2D eigenvalue weighted by atomic mass is 15.0. The van der Waals surface area contributed by atoms with E-state index in [2.05, 4.69) is 26.1 Å². The van der Waals surface area contributed by atoms with Gasteiger partial charge in [0.05, 0.1) is 0 Å². The van der Waals surface area contributed by atoms with Crippen LogP contribution in [-0.2, 0) is 0 Å². The second-order valence-electron chi connectivity index (χ2n) is 4.53. The van der Waals surface area contributed by atoms with Gasteiger partial charge in [0.1, 0.15) is 0 Å². The number of rotatable bonds is 0. The monoisotopic (exact) mass is 137 g/mol. The maximum Gasteiger partial charge on any atom is 0.0344 e. The van der Waals surface area contributed by atoms with Crippen LogP contribution in [0.5, 0.6) is 0 Å². The average Bonchev–Trinajstić information content (AvgIpc) is 2.38. The molecule has 0 spiro atoms. The quantitative estimate of drug-likeness (QED) is 0.539. The molecule has 0 aromatic heterocycles. The molecule has 0 amide bonds. The van der Waals surface area contributed by atoms with Gasteiger partial charge in [0.2, 0.25) is 0 Å². The van der Waals surface area contributed by atoms with Crippen molar-refractivity contribution in [2.75, 3.05) is 0 Å². The Balaban J connectivity index is 2.00. The van der Waals surface area contributed by atoms with E-state index in [-0.39, 0.29) is 0 Å². The summed E-state index contributed by atoms with van der Waals surface area (Å²) < 4.78 is 0. The number of hydrogen-bond donors (Lipinski definition) is 1. The molecule has 2 rings (SSSR count). The first-order chi connectivity index (χ1) is 4.57. The van der Waals surface area contributed by atoms with Gasteiger partial charge in [0, 0.05) is 18.2 Å². The molecular weight excluding hydrogens is 122 g/mol. The van der Waals surface area contributed by atoms with Crippen molar-refractivity contribution in [2.24, 2.45) is 5.41 Å². The molecule has 1 atom stereocenters. The maximum atomic E-state index is 3.55. The van der Waals surface area contributed by atoms with Gasteiger partial charge in [0.25, 0.3) is 0 Å². The Kier molecular flexibility index (Phi) is 0.988. The predicted molar refractivity (Wildman–Crippen MR) is 42.6 cm³/mol. The van der Waals surface area contributed by atoms with Crippen molar-refractivity contribution < 1.29 is 0 Å². The van der Waals surface area contributed by atoms with Crippen LogP contribution in [-0.4, -0.2) is 6.04 Å². The number of hydrogen-bond acceptors (Lipinski definition) is 1. The van der Waals surface area contributed by atoms with Crippen LogP contribution in [0.4, 0.5) is 0 Å². The average molecular weight is 137 g/mol. The predicted octanol–water partition coefficient (Wildman–Crippen LogP) is 2.05. The molecule has 0 bridgehead atoms. The van der Waals surface area contributed by atoms with Crippen molar-refractivity contribution in [1.29, 1.82) is 0 Å². The van der Waals surface area contributed by atoms with Crippen LogP contribution >= 0.6 is 0 Å². The zero-order chi connectivity index (χ0) is 7.35. The molecule has 0 radical (unpaired) electrons. The summed E-state index contributed by atoms with van der Waals surface area (Å²) >= 11 is 0. The van der Waals surface area contributed by atoms with Crippen LogP contribution in [0.3, 0.4) is 0 Å². The third-order valence-electron chi connectivity index (χ3n) is 2.54. The minimum Gasteiger partial charge on any atom is -0.385 e. The molecule has 1 aliphatic heterocycles. The molecule has 0 fully saturated rings. The van der Waals surface area contributed by atoms with Gasteiger partial charge in [-0.05, 0) is 17.4 Å². The van der Waals surface area contributed by atoms with Crippen LogP contribution in [0.15, 0.2) is 11.3 Å². The fraction of sp³-hybridized carbons (Fsp3) is 0.778. The van der Waals surface area contributed by atoms with Crippen LogP contribution in [0.2, 0.25) is 0 Å². The zero-order valence-corrected chi connectivity index (χ0v) is 6.99. The Morgan fingerprint density at radius 1 is 1.40 bits per heavy atom. The van der Waals surface area contributed by atoms with Crippen molar-refractivity contribution in [3.8, 4) is 0 Å². The van der Waals surface area contributed by atoms with Gasteiger partial charge in [-0.25, -0.2) is 0 Å². The smallest absolute Gasteiger partial charge is 0.0344 e. The van der Waals surface area contributed by atoms with Gasteiger partial charge in [-0.3, -0.25) is 0 Å². The summed E-state index contributed by atoms with van der Waals surface area (Å²) in [7, 11) is 0. The van der Waals surface area contributed by atoms with Gasteiger partial charge >= 0.3 is 0 Å². The molecule has 1 nitrogen and oxygen atoms in total. The second kappa shape index (κ2) is 1.58. The van der Waals surface area contributed by atoms with Crippen LogP contribution in [0.25, 0.3) is 0 Å². The molecule has 1 N–H and O–H groups in total. The summed E-state index contributed by atoms with van der Waals surface area (Å²) in [6, 6.07) is 0.714. The maximum absolute atomic E-state index is 3.55. The van der Waals surface area contributed by atoms with Crippen LogP contribution in [0, 0.1) is 5.41 Å². The van der Waals surface area contributed by atoms with E-state index in [9.17, 15) is 0 Å². The molecule has 2 aliphatic rings. The molecule has 0 saturated heterocycles. The lowest BCUT2D eigenvalue weighted by atomic mass is 9.85. The molecule has 10 heavy (non-hydrogen) atoms. The summed E-state index contributed by atoms with van der Waals surface area (Å²) in [6.45, 7) is 6.91. The summed E-state index contributed by atoms with van der Waals surface area (Å²) in [5.41, 5.74) is 3.66. The van der Waals surface area contributed by atoms with Crippen molar-refractivity contribution in [3.05, 3.63) is 11.3 Å². The molecule has 56 valence electrons. The van der Waals surface area contributed by atoms with E-state index >= 15 is 0 Å². The van der Waals surface area contributed by atoms with E-state index in [1.807, 2.05) is 0 Å². The molecule has 1 unspecified atom stereocenters. The standard InChI is InChI=1S/C9H15N/c1-9(2,3)8-5-6-4-7(6)10-8/h8,10H,4-5H2,1-3H3. The topological polar surface area (TPSA) is 12.0 Å². The third kappa shape index (κ3) is 0.845. The summed E-state index contributed by atoms with van der Waals surface area (Å²) in [5.74, 6) is 0. The molecule has 0 aromatic rings. The number of allylic oxidation sites excluding steroid dienone is 1. The van der Waals surface area contributed by atoms with E-state index in [1.54, 1.807) is 11.3 Å². The Morgan fingerprint density at radius 3 is 2.40 bits per heavy atom. The lowest BCUT2D eigenvalue weighted by Crippen LogP contribution is -2.36. The van der Waals surface area contributed by atoms with Crippen molar-refractivity contribution in [2.45, 2.75) is 39.7 Å². The second-order valence-corrected chi connectivity index (χ2v) is 4.53.